The van der Waals surface area contributed by atoms with Gasteiger partial charge in [-0.2, -0.15) is 0 Å². The number of benzene rings is 1. The third-order valence-corrected chi connectivity index (χ3v) is 4.33. The van der Waals surface area contributed by atoms with Crippen LogP contribution in [-0.4, -0.2) is 52.5 Å². The van der Waals surface area contributed by atoms with E-state index in [9.17, 15) is 9.90 Å². The topological polar surface area (TPSA) is 43.8 Å². The summed E-state index contributed by atoms with van der Waals surface area (Å²) in [5, 5.41) is 9.83. The van der Waals surface area contributed by atoms with Gasteiger partial charge in [0.05, 0.1) is 5.56 Å². The van der Waals surface area contributed by atoms with Gasteiger partial charge in [0, 0.05) is 25.2 Å². The van der Waals surface area contributed by atoms with E-state index in [0.29, 0.717) is 11.6 Å². The fraction of sp³-hybridized carbons (Fsp3) is 0.533. The first kappa shape index (κ1) is 12.5. The Balaban J connectivity index is 1.81. The molecule has 1 N–H and O–H groups in total. The standard InChI is InChI=1S/C15H20N2O2/c1-11-9-16-8-4-5-12(16)10-17(11)15(19)13-6-2-3-7-14(13)18/h2-3,6-7,11-12,18H,4-5,8-10H2,1H3. The number of hydrogen-bond donors (Lipinski definition) is 1. The van der Waals surface area contributed by atoms with Crippen molar-refractivity contribution in [3.63, 3.8) is 0 Å². The van der Waals surface area contributed by atoms with Crippen LogP contribution < -0.4 is 0 Å². The van der Waals surface area contributed by atoms with Crippen molar-refractivity contribution < 1.29 is 9.90 Å². The largest absolute Gasteiger partial charge is 0.507 e. The van der Waals surface area contributed by atoms with Crippen molar-refractivity contribution >= 4 is 5.91 Å². The molecule has 0 aromatic heterocycles. The van der Waals surface area contributed by atoms with Crippen molar-refractivity contribution in [1.29, 1.82) is 0 Å². The second kappa shape index (κ2) is 4.85. The average molecular weight is 260 g/mol. The summed E-state index contributed by atoms with van der Waals surface area (Å²) >= 11 is 0. The molecule has 2 aliphatic rings. The number of carbonyl (C=O) groups is 1. The fourth-order valence-corrected chi connectivity index (χ4v) is 3.28. The smallest absolute Gasteiger partial charge is 0.257 e. The van der Waals surface area contributed by atoms with Gasteiger partial charge in [0.15, 0.2) is 0 Å². The number of piperazine rings is 1. The van der Waals surface area contributed by atoms with E-state index < -0.39 is 0 Å². The number of amides is 1. The Kier molecular flexibility index (Phi) is 3.19. The number of fused-ring (bicyclic) bond motifs is 1. The highest BCUT2D eigenvalue weighted by molar-refractivity contribution is 5.97. The van der Waals surface area contributed by atoms with E-state index in [-0.39, 0.29) is 17.7 Å². The van der Waals surface area contributed by atoms with E-state index in [1.54, 1.807) is 24.3 Å². The maximum Gasteiger partial charge on any atom is 0.257 e. The lowest BCUT2D eigenvalue weighted by molar-refractivity contribution is 0.0393. The molecule has 102 valence electrons. The van der Waals surface area contributed by atoms with Crippen molar-refractivity contribution in [1.82, 2.24) is 9.80 Å². The van der Waals surface area contributed by atoms with E-state index in [2.05, 4.69) is 11.8 Å². The number of nitrogens with zero attached hydrogens (tertiary/aromatic N) is 2. The van der Waals surface area contributed by atoms with Crippen molar-refractivity contribution in [2.45, 2.75) is 31.8 Å². The molecular weight excluding hydrogens is 240 g/mol. The normalized spacial score (nSPS) is 27.3. The molecule has 0 bridgehead atoms. The SMILES string of the molecule is CC1CN2CCCC2CN1C(=O)c1ccccc1O. The summed E-state index contributed by atoms with van der Waals surface area (Å²) in [6, 6.07) is 7.52. The molecule has 3 rings (SSSR count). The van der Waals surface area contributed by atoms with Gasteiger partial charge in [-0.15, -0.1) is 0 Å². The van der Waals surface area contributed by atoms with E-state index >= 15 is 0 Å². The van der Waals surface area contributed by atoms with Crippen LogP contribution in [0.25, 0.3) is 0 Å². The average Bonchev–Trinajstić information content (AvgIpc) is 2.84. The number of phenolic OH excluding ortho intramolecular Hbond substituents is 1. The molecule has 1 amide bonds. The molecule has 4 nitrogen and oxygen atoms in total. The molecule has 2 saturated heterocycles. The minimum atomic E-state index is -0.0443. The van der Waals surface area contributed by atoms with Crippen LogP contribution >= 0.6 is 0 Å². The van der Waals surface area contributed by atoms with E-state index in [0.717, 1.165) is 19.6 Å². The summed E-state index contributed by atoms with van der Waals surface area (Å²) in [5.41, 5.74) is 0.417. The van der Waals surface area contributed by atoms with Gasteiger partial charge in [0.2, 0.25) is 0 Å². The molecule has 2 heterocycles. The molecule has 19 heavy (non-hydrogen) atoms. The highest BCUT2D eigenvalue weighted by Crippen LogP contribution is 2.27. The fourth-order valence-electron chi connectivity index (χ4n) is 3.28. The minimum Gasteiger partial charge on any atom is -0.507 e. The van der Waals surface area contributed by atoms with E-state index in [1.807, 2.05) is 4.90 Å². The van der Waals surface area contributed by atoms with Gasteiger partial charge in [-0.3, -0.25) is 9.69 Å². The van der Waals surface area contributed by atoms with Crippen molar-refractivity contribution in [2.24, 2.45) is 0 Å². The molecule has 0 saturated carbocycles. The zero-order chi connectivity index (χ0) is 13.4. The first-order valence-corrected chi connectivity index (χ1v) is 7.00. The summed E-state index contributed by atoms with van der Waals surface area (Å²) in [7, 11) is 0. The van der Waals surface area contributed by atoms with Crippen LogP contribution in [0.2, 0.25) is 0 Å². The van der Waals surface area contributed by atoms with Crippen LogP contribution in [0.4, 0.5) is 0 Å². The third-order valence-electron chi connectivity index (χ3n) is 4.33. The lowest BCUT2D eigenvalue weighted by Crippen LogP contribution is -2.56. The van der Waals surface area contributed by atoms with Crippen LogP contribution in [0.1, 0.15) is 30.1 Å². The monoisotopic (exact) mass is 260 g/mol. The first-order chi connectivity index (χ1) is 9.16. The molecule has 0 aliphatic carbocycles. The van der Waals surface area contributed by atoms with Gasteiger partial charge in [0.1, 0.15) is 5.75 Å². The molecule has 2 aliphatic heterocycles. The Morgan fingerprint density at radius 3 is 2.89 bits per heavy atom. The zero-order valence-corrected chi connectivity index (χ0v) is 11.2. The lowest BCUT2D eigenvalue weighted by atomic mass is 10.1. The maximum atomic E-state index is 12.6. The number of aromatic hydroxyl groups is 1. The number of phenols is 1. The Morgan fingerprint density at radius 2 is 2.11 bits per heavy atom. The summed E-state index contributed by atoms with van der Waals surface area (Å²) in [6.07, 6.45) is 2.41. The van der Waals surface area contributed by atoms with Gasteiger partial charge in [0.25, 0.3) is 5.91 Å². The Hall–Kier alpha value is -1.55. The lowest BCUT2D eigenvalue weighted by Gasteiger charge is -2.42. The Labute approximate surface area is 113 Å². The van der Waals surface area contributed by atoms with Gasteiger partial charge >= 0.3 is 0 Å². The van der Waals surface area contributed by atoms with Crippen LogP contribution in [0.3, 0.4) is 0 Å². The van der Waals surface area contributed by atoms with E-state index in [4.69, 9.17) is 0 Å². The second-order valence-corrected chi connectivity index (χ2v) is 5.61. The predicted octanol–water partition coefficient (Wildman–Crippen LogP) is 1.70. The highest BCUT2D eigenvalue weighted by atomic mass is 16.3. The molecule has 2 unspecified atom stereocenters. The highest BCUT2D eigenvalue weighted by Gasteiger charge is 2.37. The van der Waals surface area contributed by atoms with Crippen molar-refractivity contribution in [3.05, 3.63) is 29.8 Å². The van der Waals surface area contributed by atoms with Crippen LogP contribution in [0.15, 0.2) is 24.3 Å². The molecule has 2 atom stereocenters. The number of carbonyl (C=O) groups excluding carboxylic acids is 1. The quantitative estimate of drug-likeness (QED) is 0.836. The van der Waals surface area contributed by atoms with Gasteiger partial charge in [-0.05, 0) is 38.4 Å². The van der Waals surface area contributed by atoms with Gasteiger partial charge in [-0.25, -0.2) is 0 Å². The molecule has 2 fully saturated rings. The van der Waals surface area contributed by atoms with Gasteiger partial charge < -0.3 is 10.0 Å². The second-order valence-electron chi connectivity index (χ2n) is 5.61. The summed E-state index contributed by atoms with van der Waals surface area (Å²) in [6.45, 7) is 4.98. The molecule has 1 aromatic carbocycles. The summed E-state index contributed by atoms with van der Waals surface area (Å²) < 4.78 is 0. The zero-order valence-electron chi connectivity index (χ0n) is 11.2. The molecule has 1 aromatic rings. The Morgan fingerprint density at radius 1 is 1.32 bits per heavy atom. The van der Waals surface area contributed by atoms with Crippen LogP contribution in [-0.2, 0) is 0 Å². The molecule has 0 spiro atoms. The predicted molar refractivity (Wildman–Crippen MR) is 73.2 cm³/mol. The molecule has 4 heteroatoms. The van der Waals surface area contributed by atoms with Crippen LogP contribution in [0.5, 0.6) is 5.75 Å². The van der Waals surface area contributed by atoms with Crippen LogP contribution in [0, 0.1) is 0 Å². The van der Waals surface area contributed by atoms with Crippen molar-refractivity contribution in [3.8, 4) is 5.75 Å². The number of para-hydroxylation sites is 1. The third kappa shape index (κ3) is 2.21. The summed E-state index contributed by atoms with van der Waals surface area (Å²) in [5.74, 6) is 0.0331. The molecule has 0 radical (unpaired) electrons. The van der Waals surface area contributed by atoms with Gasteiger partial charge in [-0.1, -0.05) is 12.1 Å². The first-order valence-electron chi connectivity index (χ1n) is 7.00. The number of rotatable bonds is 1. The maximum absolute atomic E-state index is 12.6. The van der Waals surface area contributed by atoms with Crippen molar-refractivity contribution in [2.75, 3.05) is 19.6 Å². The minimum absolute atomic E-state index is 0.0443. The number of hydrogen-bond acceptors (Lipinski definition) is 3. The van der Waals surface area contributed by atoms with E-state index in [1.165, 1.54) is 12.8 Å². The summed E-state index contributed by atoms with van der Waals surface area (Å²) in [4.78, 5) is 17.0. The Bertz CT molecular complexity index is 489. The molecular formula is C15H20N2O2.